The molecule has 1 atom stereocenters. The standard InChI is InChI=1S/C22H30N2O4/c1-27-20-6-2-16(3-7-20)14-21(25)24(18-9-12-28-13-10-18)19-8-11-23(15-19)22(26)17-4-5-17/h2-3,6-7,17-19H,4-5,8-15H2,1H3. The van der Waals surface area contributed by atoms with Crippen LogP contribution in [0.1, 0.15) is 37.7 Å². The van der Waals surface area contributed by atoms with Crippen LogP contribution in [0.15, 0.2) is 24.3 Å². The molecule has 2 heterocycles. The molecule has 2 amide bonds. The number of carbonyl (C=O) groups is 2. The molecule has 6 heteroatoms. The fraction of sp³-hybridized carbons (Fsp3) is 0.636. The van der Waals surface area contributed by atoms with Gasteiger partial charge < -0.3 is 19.3 Å². The minimum atomic E-state index is 0.122. The van der Waals surface area contributed by atoms with Crippen LogP contribution in [0.3, 0.4) is 0 Å². The average molecular weight is 386 g/mol. The van der Waals surface area contributed by atoms with Gasteiger partial charge in [-0.2, -0.15) is 0 Å². The molecular weight excluding hydrogens is 356 g/mol. The van der Waals surface area contributed by atoms with Crippen molar-refractivity contribution in [2.75, 3.05) is 33.4 Å². The normalized spacial score (nSPS) is 22.9. The molecule has 28 heavy (non-hydrogen) atoms. The fourth-order valence-electron chi connectivity index (χ4n) is 4.44. The third-order valence-corrected chi connectivity index (χ3v) is 6.18. The van der Waals surface area contributed by atoms with E-state index in [0.717, 1.165) is 50.0 Å². The number of likely N-dealkylation sites (tertiary alicyclic amines) is 1. The lowest BCUT2D eigenvalue weighted by molar-refractivity contribution is -0.139. The van der Waals surface area contributed by atoms with Crippen molar-refractivity contribution in [3.8, 4) is 5.75 Å². The summed E-state index contributed by atoms with van der Waals surface area (Å²) in [6, 6.07) is 8.03. The van der Waals surface area contributed by atoms with Gasteiger partial charge in [0.05, 0.1) is 19.6 Å². The van der Waals surface area contributed by atoms with Crippen LogP contribution in [0, 0.1) is 5.92 Å². The smallest absolute Gasteiger partial charge is 0.227 e. The Kier molecular flexibility index (Phi) is 5.85. The molecule has 6 nitrogen and oxygen atoms in total. The van der Waals surface area contributed by atoms with Gasteiger partial charge in [-0.25, -0.2) is 0 Å². The summed E-state index contributed by atoms with van der Waals surface area (Å²) in [6.45, 7) is 2.86. The SMILES string of the molecule is COc1ccc(CC(=O)N(C2CCOCC2)C2CCN(C(=O)C3CC3)C2)cc1. The zero-order valence-electron chi connectivity index (χ0n) is 16.6. The van der Waals surface area contributed by atoms with Gasteiger partial charge in [0.1, 0.15) is 5.75 Å². The first-order chi connectivity index (χ1) is 13.7. The second kappa shape index (κ2) is 8.52. The summed E-state index contributed by atoms with van der Waals surface area (Å²) in [7, 11) is 1.64. The maximum atomic E-state index is 13.3. The van der Waals surface area contributed by atoms with E-state index < -0.39 is 0 Å². The van der Waals surface area contributed by atoms with Gasteiger partial charge in [-0.3, -0.25) is 9.59 Å². The third-order valence-electron chi connectivity index (χ3n) is 6.18. The zero-order valence-corrected chi connectivity index (χ0v) is 16.6. The highest BCUT2D eigenvalue weighted by Gasteiger charge is 2.40. The third kappa shape index (κ3) is 4.32. The number of ether oxygens (including phenoxy) is 2. The molecular formula is C22H30N2O4. The van der Waals surface area contributed by atoms with Gasteiger partial charge in [-0.05, 0) is 49.8 Å². The lowest BCUT2D eigenvalue weighted by atomic mass is 10.0. The minimum absolute atomic E-state index is 0.122. The summed E-state index contributed by atoms with van der Waals surface area (Å²) in [5.74, 6) is 1.48. The first-order valence-electron chi connectivity index (χ1n) is 10.5. The van der Waals surface area contributed by atoms with Crippen molar-refractivity contribution in [1.82, 2.24) is 9.80 Å². The van der Waals surface area contributed by atoms with E-state index in [1.165, 1.54) is 0 Å². The molecule has 1 aromatic rings. The highest BCUT2D eigenvalue weighted by Crippen LogP contribution is 2.33. The Morgan fingerprint density at radius 2 is 1.79 bits per heavy atom. The maximum absolute atomic E-state index is 13.3. The van der Waals surface area contributed by atoms with Crippen LogP contribution in [-0.4, -0.2) is 67.1 Å². The minimum Gasteiger partial charge on any atom is -0.497 e. The van der Waals surface area contributed by atoms with E-state index in [0.29, 0.717) is 26.2 Å². The summed E-state index contributed by atoms with van der Waals surface area (Å²) >= 11 is 0. The summed E-state index contributed by atoms with van der Waals surface area (Å²) in [6.07, 6.45) is 5.07. The molecule has 152 valence electrons. The molecule has 1 aromatic carbocycles. The summed E-state index contributed by atoms with van der Waals surface area (Å²) in [5, 5.41) is 0. The number of methoxy groups -OCH3 is 1. The van der Waals surface area contributed by atoms with Crippen LogP contribution in [0.25, 0.3) is 0 Å². The molecule has 4 rings (SSSR count). The first kappa shape index (κ1) is 19.2. The largest absolute Gasteiger partial charge is 0.497 e. The van der Waals surface area contributed by atoms with E-state index in [4.69, 9.17) is 9.47 Å². The van der Waals surface area contributed by atoms with E-state index in [1.54, 1.807) is 7.11 Å². The molecule has 1 saturated carbocycles. The number of benzene rings is 1. The van der Waals surface area contributed by atoms with Crippen molar-refractivity contribution in [3.63, 3.8) is 0 Å². The van der Waals surface area contributed by atoms with Crippen molar-refractivity contribution in [1.29, 1.82) is 0 Å². The number of hydrogen-bond acceptors (Lipinski definition) is 4. The topological polar surface area (TPSA) is 59.1 Å². The molecule has 3 fully saturated rings. The number of carbonyl (C=O) groups excluding carboxylic acids is 2. The van der Waals surface area contributed by atoms with Crippen LogP contribution in [0.2, 0.25) is 0 Å². The average Bonchev–Trinajstić information content (AvgIpc) is 3.47. The summed E-state index contributed by atoms with van der Waals surface area (Å²) in [4.78, 5) is 29.9. The Labute approximate surface area is 166 Å². The first-order valence-corrected chi connectivity index (χ1v) is 10.5. The van der Waals surface area contributed by atoms with Gasteiger partial charge in [0, 0.05) is 38.3 Å². The lowest BCUT2D eigenvalue weighted by Crippen LogP contribution is -2.51. The van der Waals surface area contributed by atoms with Gasteiger partial charge >= 0.3 is 0 Å². The fourth-order valence-corrected chi connectivity index (χ4v) is 4.44. The second-order valence-electron chi connectivity index (χ2n) is 8.17. The van der Waals surface area contributed by atoms with Crippen LogP contribution in [-0.2, 0) is 20.7 Å². The number of nitrogens with zero attached hydrogens (tertiary/aromatic N) is 2. The number of rotatable bonds is 6. The Bertz CT molecular complexity index is 695. The highest BCUT2D eigenvalue weighted by atomic mass is 16.5. The van der Waals surface area contributed by atoms with Crippen LogP contribution >= 0.6 is 0 Å². The lowest BCUT2D eigenvalue weighted by Gasteiger charge is -2.38. The zero-order chi connectivity index (χ0) is 19.5. The monoisotopic (exact) mass is 386 g/mol. The van der Waals surface area contributed by atoms with Gasteiger partial charge in [-0.15, -0.1) is 0 Å². The molecule has 0 radical (unpaired) electrons. The number of hydrogen-bond donors (Lipinski definition) is 0. The molecule has 0 bridgehead atoms. The summed E-state index contributed by atoms with van der Waals surface area (Å²) < 4.78 is 10.7. The van der Waals surface area contributed by atoms with Crippen LogP contribution < -0.4 is 4.74 Å². The molecule has 0 N–H and O–H groups in total. The molecule has 0 spiro atoms. The molecule has 0 aromatic heterocycles. The van der Waals surface area contributed by atoms with Crippen molar-refractivity contribution in [2.45, 2.75) is 50.6 Å². The molecule has 3 aliphatic rings. The van der Waals surface area contributed by atoms with E-state index in [1.807, 2.05) is 29.2 Å². The number of amides is 2. The van der Waals surface area contributed by atoms with Gasteiger partial charge in [0.25, 0.3) is 0 Å². The van der Waals surface area contributed by atoms with E-state index >= 15 is 0 Å². The van der Waals surface area contributed by atoms with Crippen LogP contribution in [0.4, 0.5) is 0 Å². The van der Waals surface area contributed by atoms with E-state index in [2.05, 4.69) is 4.90 Å². The Hall–Kier alpha value is -2.08. The Morgan fingerprint density at radius 3 is 2.43 bits per heavy atom. The second-order valence-corrected chi connectivity index (χ2v) is 8.17. The van der Waals surface area contributed by atoms with E-state index in [9.17, 15) is 9.59 Å². The summed E-state index contributed by atoms with van der Waals surface area (Å²) in [5.41, 5.74) is 0.992. The molecule has 2 saturated heterocycles. The predicted molar refractivity (Wildman–Crippen MR) is 105 cm³/mol. The Morgan fingerprint density at radius 1 is 1.07 bits per heavy atom. The molecule has 1 aliphatic carbocycles. The van der Waals surface area contributed by atoms with Gasteiger partial charge in [0.15, 0.2) is 0 Å². The van der Waals surface area contributed by atoms with Crippen LogP contribution in [0.5, 0.6) is 5.75 Å². The van der Waals surface area contributed by atoms with E-state index in [-0.39, 0.29) is 29.8 Å². The van der Waals surface area contributed by atoms with Gasteiger partial charge in [0.2, 0.25) is 11.8 Å². The quantitative estimate of drug-likeness (QED) is 0.753. The molecule has 2 aliphatic heterocycles. The highest BCUT2D eigenvalue weighted by molar-refractivity contribution is 5.82. The predicted octanol–water partition coefficient (Wildman–Crippen LogP) is 2.26. The molecule has 1 unspecified atom stereocenters. The van der Waals surface area contributed by atoms with Crippen molar-refractivity contribution in [3.05, 3.63) is 29.8 Å². The van der Waals surface area contributed by atoms with Crippen molar-refractivity contribution in [2.24, 2.45) is 5.92 Å². The van der Waals surface area contributed by atoms with Gasteiger partial charge in [-0.1, -0.05) is 12.1 Å². The Balaban J connectivity index is 1.46. The van der Waals surface area contributed by atoms with Crippen molar-refractivity contribution < 1.29 is 19.1 Å². The van der Waals surface area contributed by atoms with Crippen molar-refractivity contribution >= 4 is 11.8 Å². The maximum Gasteiger partial charge on any atom is 0.227 e.